The lowest BCUT2D eigenvalue weighted by Gasteiger charge is -2.11. The van der Waals surface area contributed by atoms with Crippen LogP contribution in [0.1, 0.15) is 22.8 Å². The van der Waals surface area contributed by atoms with Crippen LogP contribution in [0.15, 0.2) is 24.3 Å². The molecule has 0 aliphatic rings. The molecule has 0 bridgehead atoms. The largest absolute Gasteiger partial charge is 0.366 e. The topological polar surface area (TPSA) is 84.2 Å². The second-order valence-corrected chi connectivity index (χ2v) is 4.24. The van der Waals surface area contributed by atoms with E-state index in [9.17, 15) is 9.59 Å². The first-order chi connectivity index (χ1) is 8.54. The summed E-state index contributed by atoms with van der Waals surface area (Å²) in [7, 11) is 1.81. The second kappa shape index (κ2) is 8.50. The number of halogens is 1. The van der Waals surface area contributed by atoms with Crippen molar-refractivity contribution in [3.63, 3.8) is 0 Å². The number of rotatable bonds is 6. The number of nitrogens with two attached hydrogens (primary N) is 1. The third kappa shape index (κ3) is 5.72. The van der Waals surface area contributed by atoms with Gasteiger partial charge in [-0.1, -0.05) is 19.1 Å². The Balaban J connectivity index is 0.00000324. The Kier molecular flexibility index (Phi) is 7.79. The molecule has 0 aliphatic carbocycles. The number of hydrogen-bond acceptors (Lipinski definition) is 3. The molecule has 4 N–H and O–H groups in total. The third-order valence-corrected chi connectivity index (χ3v) is 2.66. The van der Waals surface area contributed by atoms with Crippen LogP contribution < -0.4 is 16.4 Å². The van der Waals surface area contributed by atoms with Gasteiger partial charge in [0.05, 0.1) is 0 Å². The Hall–Kier alpha value is -1.59. The van der Waals surface area contributed by atoms with Crippen molar-refractivity contribution in [1.29, 1.82) is 0 Å². The molecule has 0 spiro atoms. The van der Waals surface area contributed by atoms with E-state index in [-0.39, 0.29) is 24.2 Å². The molecule has 2 amide bonds. The average molecular weight is 286 g/mol. The number of primary amides is 1. The molecule has 0 aromatic heterocycles. The van der Waals surface area contributed by atoms with Gasteiger partial charge in [0.1, 0.15) is 0 Å². The highest BCUT2D eigenvalue weighted by Crippen LogP contribution is 2.04. The van der Waals surface area contributed by atoms with E-state index in [4.69, 9.17) is 5.73 Å². The quantitative estimate of drug-likeness (QED) is 0.719. The SMILES string of the molecule is CNCC(C)C(=O)NCc1ccc(C(N)=O)cc1.Cl. The summed E-state index contributed by atoms with van der Waals surface area (Å²) in [5.41, 5.74) is 6.54. The van der Waals surface area contributed by atoms with Gasteiger partial charge < -0.3 is 16.4 Å². The minimum Gasteiger partial charge on any atom is -0.366 e. The molecule has 0 fully saturated rings. The van der Waals surface area contributed by atoms with Crippen molar-refractivity contribution in [2.45, 2.75) is 13.5 Å². The molecular weight excluding hydrogens is 266 g/mol. The van der Waals surface area contributed by atoms with Crippen LogP contribution in [-0.2, 0) is 11.3 Å². The predicted octanol–water partition coefficient (Wildman–Crippen LogP) is 0.679. The zero-order valence-electron chi connectivity index (χ0n) is 11.1. The molecule has 0 heterocycles. The highest BCUT2D eigenvalue weighted by Gasteiger charge is 2.10. The maximum Gasteiger partial charge on any atom is 0.248 e. The van der Waals surface area contributed by atoms with E-state index in [1.807, 2.05) is 14.0 Å². The first-order valence-electron chi connectivity index (χ1n) is 5.85. The minimum atomic E-state index is -0.451. The normalized spacial score (nSPS) is 11.3. The van der Waals surface area contributed by atoms with E-state index in [1.54, 1.807) is 24.3 Å². The zero-order chi connectivity index (χ0) is 13.5. The summed E-state index contributed by atoms with van der Waals surface area (Å²) in [6.45, 7) is 2.96. The van der Waals surface area contributed by atoms with Gasteiger partial charge in [0.25, 0.3) is 0 Å². The van der Waals surface area contributed by atoms with Crippen LogP contribution in [0.2, 0.25) is 0 Å². The smallest absolute Gasteiger partial charge is 0.248 e. The second-order valence-electron chi connectivity index (χ2n) is 4.24. The molecule has 0 saturated heterocycles. The molecular formula is C13H20ClN3O2. The van der Waals surface area contributed by atoms with Gasteiger partial charge in [0, 0.05) is 24.6 Å². The molecule has 1 aromatic carbocycles. The van der Waals surface area contributed by atoms with E-state index >= 15 is 0 Å². The lowest BCUT2D eigenvalue weighted by molar-refractivity contribution is -0.124. The van der Waals surface area contributed by atoms with Gasteiger partial charge >= 0.3 is 0 Å². The van der Waals surface area contributed by atoms with Gasteiger partial charge in [0.2, 0.25) is 11.8 Å². The van der Waals surface area contributed by atoms with Crippen LogP contribution in [0.25, 0.3) is 0 Å². The molecule has 1 unspecified atom stereocenters. The Labute approximate surface area is 119 Å². The molecule has 106 valence electrons. The van der Waals surface area contributed by atoms with Crippen LogP contribution in [0.3, 0.4) is 0 Å². The van der Waals surface area contributed by atoms with Crippen molar-refractivity contribution in [3.05, 3.63) is 35.4 Å². The summed E-state index contributed by atoms with van der Waals surface area (Å²) < 4.78 is 0. The monoisotopic (exact) mass is 285 g/mol. The van der Waals surface area contributed by atoms with E-state index in [0.29, 0.717) is 18.7 Å². The first-order valence-corrected chi connectivity index (χ1v) is 5.85. The summed E-state index contributed by atoms with van der Waals surface area (Å²) in [6.07, 6.45) is 0. The Morgan fingerprint density at radius 2 is 1.84 bits per heavy atom. The number of carbonyl (C=O) groups is 2. The van der Waals surface area contributed by atoms with Crippen LogP contribution in [-0.4, -0.2) is 25.4 Å². The average Bonchev–Trinajstić information content (AvgIpc) is 2.36. The van der Waals surface area contributed by atoms with Crippen molar-refractivity contribution in [2.75, 3.05) is 13.6 Å². The highest BCUT2D eigenvalue weighted by molar-refractivity contribution is 5.92. The van der Waals surface area contributed by atoms with Crippen LogP contribution in [0, 0.1) is 5.92 Å². The highest BCUT2D eigenvalue weighted by atomic mass is 35.5. The molecule has 19 heavy (non-hydrogen) atoms. The molecule has 0 saturated carbocycles. The van der Waals surface area contributed by atoms with E-state index in [1.165, 1.54) is 0 Å². The fourth-order valence-corrected chi connectivity index (χ4v) is 1.55. The summed E-state index contributed by atoms with van der Waals surface area (Å²) in [4.78, 5) is 22.5. The summed E-state index contributed by atoms with van der Waals surface area (Å²) >= 11 is 0. The predicted molar refractivity (Wildman–Crippen MR) is 77.1 cm³/mol. The third-order valence-electron chi connectivity index (χ3n) is 2.66. The molecule has 1 atom stereocenters. The fraction of sp³-hybridized carbons (Fsp3) is 0.385. The molecule has 1 aromatic rings. The maximum atomic E-state index is 11.7. The molecule has 0 aliphatic heterocycles. The molecule has 0 radical (unpaired) electrons. The van der Waals surface area contributed by atoms with E-state index < -0.39 is 5.91 Å². The van der Waals surface area contributed by atoms with Gasteiger partial charge in [0.15, 0.2) is 0 Å². The number of carbonyl (C=O) groups excluding carboxylic acids is 2. The lowest BCUT2D eigenvalue weighted by Crippen LogP contribution is -2.33. The zero-order valence-corrected chi connectivity index (χ0v) is 11.9. The van der Waals surface area contributed by atoms with Gasteiger partial charge in [-0.05, 0) is 24.7 Å². The standard InChI is InChI=1S/C13H19N3O2.ClH/c1-9(7-15-2)13(18)16-8-10-3-5-11(6-4-10)12(14)17;/h3-6,9,15H,7-8H2,1-2H3,(H2,14,17)(H,16,18);1H. The maximum absolute atomic E-state index is 11.7. The summed E-state index contributed by atoms with van der Waals surface area (Å²) in [5.74, 6) is -0.517. The van der Waals surface area contributed by atoms with Crippen molar-refractivity contribution in [3.8, 4) is 0 Å². The van der Waals surface area contributed by atoms with Gasteiger partial charge in [-0.25, -0.2) is 0 Å². The Bertz CT molecular complexity index is 420. The van der Waals surface area contributed by atoms with Gasteiger partial charge in [-0.3, -0.25) is 9.59 Å². The van der Waals surface area contributed by atoms with Gasteiger partial charge in [-0.15, -0.1) is 12.4 Å². The van der Waals surface area contributed by atoms with Gasteiger partial charge in [-0.2, -0.15) is 0 Å². The number of hydrogen-bond donors (Lipinski definition) is 3. The molecule has 1 rings (SSSR count). The number of amides is 2. The van der Waals surface area contributed by atoms with E-state index in [2.05, 4.69) is 10.6 Å². The molecule has 6 heteroatoms. The van der Waals surface area contributed by atoms with Crippen molar-refractivity contribution in [2.24, 2.45) is 11.7 Å². The number of nitrogens with one attached hydrogen (secondary N) is 2. The van der Waals surface area contributed by atoms with Crippen LogP contribution >= 0.6 is 12.4 Å². The summed E-state index contributed by atoms with van der Waals surface area (Å²) in [5, 5.41) is 5.79. The minimum absolute atomic E-state index is 0. The van der Waals surface area contributed by atoms with Crippen molar-refractivity contribution in [1.82, 2.24) is 10.6 Å². The van der Waals surface area contributed by atoms with Crippen molar-refractivity contribution < 1.29 is 9.59 Å². The number of benzene rings is 1. The van der Waals surface area contributed by atoms with Crippen molar-refractivity contribution >= 4 is 24.2 Å². The summed E-state index contributed by atoms with van der Waals surface area (Å²) in [6, 6.07) is 6.87. The Morgan fingerprint density at radius 3 is 2.32 bits per heavy atom. The lowest BCUT2D eigenvalue weighted by atomic mass is 10.1. The Morgan fingerprint density at radius 1 is 1.26 bits per heavy atom. The first kappa shape index (κ1) is 17.4. The fourth-order valence-electron chi connectivity index (χ4n) is 1.55. The molecule has 5 nitrogen and oxygen atoms in total. The van der Waals surface area contributed by atoms with Crippen LogP contribution in [0.5, 0.6) is 0 Å². The van der Waals surface area contributed by atoms with Crippen LogP contribution in [0.4, 0.5) is 0 Å². The van der Waals surface area contributed by atoms with E-state index in [0.717, 1.165) is 5.56 Å².